The molecule has 1 aliphatic rings. The van der Waals surface area contributed by atoms with Crippen molar-refractivity contribution in [1.82, 2.24) is 0 Å². The van der Waals surface area contributed by atoms with Gasteiger partial charge in [0.15, 0.2) is 0 Å². The second-order valence-electron chi connectivity index (χ2n) is 5.24. The summed E-state index contributed by atoms with van der Waals surface area (Å²) in [7, 11) is 0. The van der Waals surface area contributed by atoms with E-state index in [-0.39, 0.29) is 10.8 Å². The van der Waals surface area contributed by atoms with Gasteiger partial charge in [0.25, 0.3) is 0 Å². The maximum absolute atomic E-state index is 4.52. The van der Waals surface area contributed by atoms with Crippen LogP contribution in [-0.4, -0.2) is 6.21 Å². The fraction of sp³-hybridized carbons (Fsp3) is 0.583. The maximum Gasteiger partial charge on any atom is 0.0453 e. The zero-order valence-corrected chi connectivity index (χ0v) is 9.26. The lowest BCUT2D eigenvalue weighted by molar-refractivity contribution is 0.498. The zero-order chi connectivity index (χ0) is 10.1. The third-order valence-corrected chi connectivity index (χ3v) is 2.08. The first-order valence-electron chi connectivity index (χ1n) is 4.76. The van der Waals surface area contributed by atoms with Gasteiger partial charge >= 0.3 is 0 Å². The summed E-state index contributed by atoms with van der Waals surface area (Å²) in [4.78, 5) is 4.52. The summed E-state index contributed by atoms with van der Waals surface area (Å²) in [6, 6.07) is 0. The molecule has 0 atom stereocenters. The Labute approximate surface area is 81.3 Å². The second kappa shape index (κ2) is 3.13. The normalized spacial score (nSPS) is 21.2. The first-order chi connectivity index (χ1) is 5.81. The molecule has 1 heterocycles. The van der Waals surface area contributed by atoms with Gasteiger partial charge in [0.05, 0.1) is 0 Å². The van der Waals surface area contributed by atoms with Crippen LogP contribution >= 0.6 is 0 Å². The molecule has 0 saturated carbocycles. The average molecular weight is 177 g/mol. The van der Waals surface area contributed by atoms with Gasteiger partial charge in [-0.2, -0.15) is 0 Å². The Bertz CT molecular complexity index is 272. The number of hydrogen-bond donors (Lipinski definition) is 0. The Morgan fingerprint density at radius 1 is 1.23 bits per heavy atom. The lowest BCUT2D eigenvalue weighted by atomic mass is 9.92. The van der Waals surface area contributed by atoms with Crippen LogP contribution in [0, 0.1) is 10.8 Å². The molecule has 1 heteroatoms. The van der Waals surface area contributed by atoms with Gasteiger partial charge in [0.2, 0.25) is 0 Å². The quantitative estimate of drug-likeness (QED) is 0.536. The fourth-order valence-corrected chi connectivity index (χ4v) is 1.15. The van der Waals surface area contributed by atoms with E-state index >= 15 is 0 Å². The van der Waals surface area contributed by atoms with Crippen molar-refractivity contribution in [3.05, 3.63) is 23.9 Å². The minimum Gasteiger partial charge on any atom is -0.264 e. The summed E-state index contributed by atoms with van der Waals surface area (Å²) in [6.45, 7) is 10.9. The van der Waals surface area contributed by atoms with Gasteiger partial charge in [-0.25, -0.2) is 0 Å². The molecule has 0 saturated heterocycles. The second-order valence-corrected chi connectivity index (χ2v) is 5.24. The van der Waals surface area contributed by atoms with Gasteiger partial charge in [0, 0.05) is 22.7 Å². The van der Waals surface area contributed by atoms with Crippen molar-refractivity contribution < 1.29 is 0 Å². The van der Waals surface area contributed by atoms with Crippen LogP contribution in [-0.2, 0) is 0 Å². The van der Waals surface area contributed by atoms with E-state index in [1.807, 2.05) is 6.21 Å². The molecule has 0 aliphatic carbocycles. The molecule has 0 aromatic carbocycles. The van der Waals surface area contributed by atoms with E-state index in [1.165, 1.54) is 0 Å². The predicted molar refractivity (Wildman–Crippen MR) is 59.0 cm³/mol. The van der Waals surface area contributed by atoms with E-state index < -0.39 is 0 Å². The van der Waals surface area contributed by atoms with Crippen molar-refractivity contribution >= 4 is 6.21 Å². The topological polar surface area (TPSA) is 12.4 Å². The molecule has 0 bridgehead atoms. The van der Waals surface area contributed by atoms with E-state index in [4.69, 9.17) is 0 Å². The first-order valence-corrected chi connectivity index (χ1v) is 4.76. The summed E-state index contributed by atoms with van der Waals surface area (Å²) < 4.78 is 0. The van der Waals surface area contributed by atoms with E-state index in [1.54, 1.807) is 0 Å². The van der Waals surface area contributed by atoms with E-state index in [9.17, 15) is 0 Å². The Balaban J connectivity index is 2.96. The standard InChI is InChI=1S/C12H19N/c1-11(2,3)10-7-6-8-12(4,5)9-13-10/h6-9H,1-5H3. The number of aliphatic imine (C=N–C) groups is 1. The van der Waals surface area contributed by atoms with Crippen LogP contribution in [0.1, 0.15) is 34.6 Å². The monoisotopic (exact) mass is 177 g/mol. The van der Waals surface area contributed by atoms with Gasteiger partial charge in [-0.05, 0) is 6.08 Å². The summed E-state index contributed by atoms with van der Waals surface area (Å²) >= 11 is 0. The highest BCUT2D eigenvalue weighted by Crippen LogP contribution is 2.29. The van der Waals surface area contributed by atoms with Crippen LogP contribution in [0.5, 0.6) is 0 Å². The molecule has 0 aromatic rings. The molecule has 1 rings (SSSR count). The lowest BCUT2D eigenvalue weighted by Gasteiger charge is -2.19. The highest BCUT2D eigenvalue weighted by Gasteiger charge is 2.19. The minimum absolute atomic E-state index is 0.0868. The van der Waals surface area contributed by atoms with Gasteiger partial charge in [-0.3, -0.25) is 4.99 Å². The lowest BCUT2D eigenvalue weighted by Crippen LogP contribution is -2.10. The Kier molecular flexibility index (Phi) is 2.47. The summed E-state index contributed by atoms with van der Waals surface area (Å²) in [5.41, 5.74) is 1.37. The smallest absolute Gasteiger partial charge is 0.0453 e. The molecule has 13 heavy (non-hydrogen) atoms. The third kappa shape index (κ3) is 2.83. The molecule has 0 amide bonds. The van der Waals surface area contributed by atoms with Crippen molar-refractivity contribution in [3.63, 3.8) is 0 Å². The van der Waals surface area contributed by atoms with Crippen molar-refractivity contribution in [1.29, 1.82) is 0 Å². The van der Waals surface area contributed by atoms with E-state index in [0.717, 1.165) is 5.70 Å². The highest BCUT2D eigenvalue weighted by atomic mass is 14.8. The first kappa shape index (κ1) is 10.2. The fourth-order valence-electron chi connectivity index (χ4n) is 1.15. The summed E-state index contributed by atoms with van der Waals surface area (Å²) in [5.74, 6) is 0. The van der Waals surface area contributed by atoms with Crippen LogP contribution in [0.25, 0.3) is 0 Å². The van der Waals surface area contributed by atoms with Crippen molar-refractivity contribution in [2.45, 2.75) is 34.6 Å². The van der Waals surface area contributed by atoms with Gasteiger partial charge in [-0.1, -0.05) is 46.8 Å². The number of hydrogen-bond acceptors (Lipinski definition) is 1. The molecule has 0 aromatic heterocycles. The number of allylic oxidation sites excluding steroid dienone is 4. The minimum atomic E-state index is 0.0868. The van der Waals surface area contributed by atoms with Crippen LogP contribution in [0.3, 0.4) is 0 Å². The largest absolute Gasteiger partial charge is 0.264 e. The van der Waals surface area contributed by atoms with Crippen LogP contribution in [0.4, 0.5) is 0 Å². The van der Waals surface area contributed by atoms with E-state index in [0.29, 0.717) is 0 Å². The molecule has 0 N–H and O–H groups in total. The Morgan fingerprint density at radius 2 is 1.85 bits per heavy atom. The molecule has 0 unspecified atom stereocenters. The molecular formula is C12H19N. The Morgan fingerprint density at radius 3 is 2.38 bits per heavy atom. The molecule has 0 radical (unpaired) electrons. The molecular weight excluding hydrogens is 158 g/mol. The highest BCUT2D eigenvalue weighted by molar-refractivity contribution is 5.69. The van der Waals surface area contributed by atoms with Crippen molar-refractivity contribution in [3.8, 4) is 0 Å². The Hall–Kier alpha value is -0.850. The maximum atomic E-state index is 4.52. The number of nitrogens with zero attached hydrogens (tertiary/aromatic N) is 1. The van der Waals surface area contributed by atoms with Crippen LogP contribution in [0.15, 0.2) is 28.9 Å². The van der Waals surface area contributed by atoms with Gasteiger partial charge in [0.1, 0.15) is 0 Å². The number of rotatable bonds is 0. The molecule has 0 fully saturated rings. The molecule has 0 spiro atoms. The van der Waals surface area contributed by atoms with Gasteiger partial charge in [-0.15, -0.1) is 0 Å². The van der Waals surface area contributed by atoms with Crippen molar-refractivity contribution in [2.75, 3.05) is 0 Å². The van der Waals surface area contributed by atoms with Crippen LogP contribution in [0.2, 0.25) is 0 Å². The third-order valence-electron chi connectivity index (χ3n) is 2.08. The average Bonchev–Trinajstić information content (AvgIpc) is 2.08. The predicted octanol–water partition coefficient (Wildman–Crippen LogP) is 3.58. The molecule has 1 aliphatic heterocycles. The van der Waals surface area contributed by atoms with Crippen LogP contribution < -0.4 is 0 Å². The SMILES string of the molecule is CC1(C)C=CC=C(C(C)(C)C)N=C1. The van der Waals surface area contributed by atoms with E-state index in [2.05, 4.69) is 57.8 Å². The summed E-state index contributed by atoms with van der Waals surface area (Å²) in [6.07, 6.45) is 8.40. The van der Waals surface area contributed by atoms with Gasteiger partial charge < -0.3 is 0 Å². The molecule has 72 valence electrons. The summed E-state index contributed by atoms with van der Waals surface area (Å²) in [5, 5.41) is 0. The van der Waals surface area contributed by atoms with Crippen molar-refractivity contribution in [2.24, 2.45) is 15.8 Å². The zero-order valence-electron chi connectivity index (χ0n) is 9.26. The molecule has 1 nitrogen and oxygen atoms in total.